The largest absolute Gasteiger partial charge is 0.342 e. The van der Waals surface area contributed by atoms with E-state index in [1.54, 1.807) is 0 Å². The molecular weight excluding hydrogens is 300 g/mol. The number of rotatable bonds is 2. The first kappa shape index (κ1) is 12.4. The molecule has 0 aliphatic carbocycles. The van der Waals surface area contributed by atoms with Crippen LogP contribution >= 0.6 is 15.9 Å². The van der Waals surface area contributed by atoms with Crippen molar-refractivity contribution in [3.63, 3.8) is 0 Å². The van der Waals surface area contributed by atoms with Gasteiger partial charge in [0, 0.05) is 10.9 Å². The van der Waals surface area contributed by atoms with Gasteiger partial charge < -0.3 is 4.98 Å². The molecule has 1 aromatic heterocycles. The predicted molar refractivity (Wildman–Crippen MR) is 82.5 cm³/mol. The maximum absolute atomic E-state index is 4.70. The van der Waals surface area contributed by atoms with Crippen molar-refractivity contribution >= 4 is 27.0 Å². The van der Waals surface area contributed by atoms with E-state index in [1.807, 2.05) is 0 Å². The number of aryl methyl sites for hydroxylation is 2. The molecule has 96 valence electrons. The second-order valence-electron chi connectivity index (χ2n) is 4.97. The van der Waals surface area contributed by atoms with Crippen molar-refractivity contribution in [1.82, 2.24) is 9.97 Å². The second kappa shape index (κ2) is 4.82. The molecule has 3 heteroatoms. The zero-order valence-electron chi connectivity index (χ0n) is 11.0. The van der Waals surface area contributed by atoms with Crippen LogP contribution in [-0.4, -0.2) is 9.97 Å². The molecule has 0 radical (unpaired) electrons. The monoisotopic (exact) mass is 314 g/mol. The van der Waals surface area contributed by atoms with Gasteiger partial charge in [-0.3, -0.25) is 0 Å². The fourth-order valence-corrected chi connectivity index (χ4v) is 2.97. The van der Waals surface area contributed by atoms with Crippen molar-refractivity contribution in [2.24, 2.45) is 0 Å². The lowest BCUT2D eigenvalue weighted by atomic mass is 10.1. The minimum atomic E-state index is 0.841. The minimum absolute atomic E-state index is 0.841. The van der Waals surface area contributed by atoms with E-state index < -0.39 is 0 Å². The summed E-state index contributed by atoms with van der Waals surface area (Å²) in [5.41, 5.74) is 5.92. The zero-order chi connectivity index (χ0) is 13.4. The number of hydrogen-bond acceptors (Lipinski definition) is 1. The Morgan fingerprint density at radius 3 is 2.79 bits per heavy atom. The van der Waals surface area contributed by atoms with Gasteiger partial charge in [-0.1, -0.05) is 45.8 Å². The lowest BCUT2D eigenvalue weighted by Crippen LogP contribution is -1.90. The number of nitrogens with one attached hydrogen (secondary N) is 1. The molecule has 3 rings (SSSR count). The maximum Gasteiger partial charge on any atom is 0.111 e. The van der Waals surface area contributed by atoms with Crippen molar-refractivity contribution in [3.8, 4) is 0 Å². The molecule has 0 unspecified atom stereocenters. The summed E-state index contributed by atoms with van der Waals surface area (Å²) in [5.74, 6) is 1.02. The van der Waals surface area contributed by atoms with Crippen molar-refractivity contribution in [1.29, 1.82) is 0 Å². The number of hydrogen-bond donors (Lipinski definition) is 1. The highest BCUT2D eigenvalue weighted by Gasteiger charge is 2.07. The number of halogens is 1. The average Bonchev–Trinajstić information content (AvgIpc) is 2.71. The van der Waals surface area contributed by atoms with Crippen LogP contribution in [-0.2, 0) is 6.42 Å². The third-order valence-electron chi connectivity index (χ3n) is 3.25. The van der Waals surface area contributed by atoms with Crippen LogP contribution in [0.15, 0.2) is 40.9 Å². The molecule has 2 nitrogen and oxygen atoms in total. The first-order valence-electron chi connectivity index (χ1n) is 6.32. The maximum atomic E-state index is 4.70. The predicted octanol–water partition coefficient (Wildman–Crippen LogP) is 4.53. The Morgan fingerprint density at radius 1 is 1.16 bits per heavy atom. The summed E-state index contributed by atoms with van der Waals surface area (Å²) in [6.07, 6.45) is 0.841. The van der Waals surface area contributed by atoms with E-state index in [-0.39, 0.29) is 0 Å². The average molecular weight is 315 g/mol. The SMILES string of the molecule is Cc1cccc(Cc2nc3c(C)cc(Br)cc3[nH]2)c1. The molecule has 0 saturated heterocycles. The summed E-state index contributed by atoms with van der Waals surface area (Å²) >= 11 is 3.52. The third kappa shape index (κ3) is 2.56. The second-order valence-corrected chi connectivity index (χ2v) is 5.88. The molecule has 1 heterocycles. The van der Waals surface area contributed by atoms with Gasteiger partial charge in [-0.2, -0.15) is 0 Å². The number of aromatic nitrogens is 2. The Labute approximate surface area is 121 Å². The van der Waals surface area contributed by atoms with E-state index in [9.17, 15) is 0 Å². The fraction of sp³-hybridized carbons (Fsp3) is 0.188. The molecule has 0 amide bonds. The van der Waals surface area contributed by atoms with Gasteiger partial charge in [0.15, 0.2) is 0 Å². The molecule has 19 heavy (non-hydrogen) atoms. The molecule has 0 bridgehead atoms. The van der Waals surface area contributed by atoms with Crippen LogP contribution < -0.4 is 0 Å². The van der Waals surface area contributed by atoms with E-state index >= 15 is 0 Å². The van der Waals surface area contributed by atoms with Gasteiger partial charge in [0.25, 0.3) is 0 Å². The number of benzene rings is 2. The van der Waals surface area contributed by atoms with Crippen molar-refractivity contribution in [3.05, 3.63) is 63.4 Å². The topological polar surface area (TPSA) is 28.7 Å². The van der Waals surface area contributed by atoms with E-state index in [1.165, 1.54) is 16.7 Å². The smallest absolute Gasteiger partial charge is 0.111 e. The first-order chi connectivity index (χ1) is 9.11. The van der Waals surface area contributed by atoms with Crippen molar-refractivity contribution in [2.75, 3.05) is 0 Å². The Hall–Kier alpha value is -1.61. The lowest BCUT2D eigenvalue weighted by molar-refractivity contribution is 1.03. The lowest BCUT2D eigenvalue weighted by Gasteiger charge is -1.99. The quantitative estimate of drug-likeness (QED) is 0.739. The number of aromatic amines is 1. The van der Waals surface area contributed by atoms with Gasteiger partial charge in [-0.25, -0.2) is 4.98 Å². The summed E-state index contributed by atoms with van der Waals surface area (Å²) < 4.78 is 1.09. The van der Waals surface area contributed by atoms with E-state index in [0.29, 0.717) is 0 Å². The van der Waals surface area contributed by atoms with Crippen molar-refractivity contribution < 1.29 is 0 Å². The normalized spacial score (nSPS) is 11.1. The van der Waals surface area contributed by atoms with E-state index in [0.717, 1.165) is 27.8 Å². The molecule has 3 aromatic rings. The summed E-state index contributed by atoms with van der Waals surface area (Å²) in [6.45, 7) is 4.20. The molecule has 0 spiro atoms. The summed E-state index contributed by atoms with van der Waals surface area (Å²) in [6, 6.07) is 12.7. The third-order valence-corrected chi connectivity index (χ3v) is 3.70. The van der Waals surface area contributed by atoms with Crippen LogP contribution in [0.5, 0.6) is 0 Å². The Kier molecular flexibility index (Phi) is 3.15. The van der Waals surface area contributed by atoms with Gasteiger partial charge in [-0.05, 0) is 37.1 Å². The number of imidazole rings is 1. The summed E-state index contributed by atoms with van der Waals surface area (Å²) in [5, 5.41) is 0. The van der Waals surface area contributed by atoms with Crippen LogP contribution in [0.4, 0.5) is 0 Å². The van der Waals surface area contributed by atoms with Crippen molar-refractivity contribution in [2.45, 2.75) is 20.3 Å². The van der Waals surface area contributed by atoms with Crippen LogP contribution in [0.25, 0.3) is 11.0 Å². The Balaban J connectivity index is 2.00. The van der Waals surface area contributed by atoms with Crippen LogP contribution in [0.1, 0.15) is 22.5 Å². The van der Waals surface area contributed by atoms with Crippen LogP contribution in [0.2, 0.25) is 0 Å². The molecule has 2 aromatic carbocycles. The number of nitrogens with zero attached hydrogens (tertiary/aromatic N) is 1. The molecule has 0 saturated carbocycles. The number of fused-ring (bicyclic) bond motifs is 1. The molecule has 0 aliphatic rings. The van der Waals surface area contributed by atoms with Crippen LogP contribution in [0.3, 0.4) is 0 Å². The Bertz CT molecular complexity index is 744. The van der Waals surface area contributed by atoms with Gasteiger partial charge in [0.2, 0.25) is 0 Å². The van der Waals surface area contributed by atoms with E-state index in [4.69, 9.17) is 4.98 Å². The molecule has 0 aliphatic heterocycles. The zero-order valence-corrected chi connectivity index (χ0v) is 12.6. The highest BCUT2D eigenvalue weighted by atomic mass is 79.9. The number of H-pyrrole nitrogens is 1. The van der Waals surface area contributed by atoms with Gasteiger partial charge in [0.05, 0.1) is 11.0 Å². The molecular formula is C16H15BrN2. The van der Waals surface area contributed by atoms with Gasteiger partial charge in [-0.15, -0.1) is 0 Å². The van der Waals surface area contributed by atoms with Crippen LogP contribution in [0, 0.1) is 13.8 Å². The molecule has 1 N–H and O–H groups in total. The highest BCUT2D eigenvalue weighted by Crippen LogP contribution is 2.22. The fourth-order valence-electron chi connectivity index (χ4n) is 2.40. The minimum Gasteiger partial charge on any atom is -0.342 e. The van der Waals surface area contributed by atoms with E-state index in [2.05, 4.69) is 71.2 Å². The summed E-state index contributed by atoms with van der Waals surface area (Å²) in [4.78, 5) is 8.11. The highest BCUT2D eigenvalue weighted by molar-refractivity contribution is 9.10. The Morgan fingerprint density at radius 2 is 2.00 bits per heavy atom. The summed E-state index contributed by atoms with van der Waals surface area (Å²) in [7, 11) is 0. The molecule has 0 fully saturated rings. The standard InChI is InChI=1S/C16H15BrN2/c1-10-4-3-5-12(6-10)8-15-18-14-9-13(17)7-11(2)16(14)19-15/h3-7,9H,8H2,1-2H3,(H,18,19). The molecule has 0 atom stereocenters. The van der Waals surface area contributed by atoms with Gasteiger partial charge >= 0.3 is 0 Å². The van der Waals surface area contributed by atoms with Gasteiger partial charge in [0.1, 0.15) is 5.82 Å². The first-order valence-corrected chi connectivity index (χ1v) is 7.11.